The molecule has 0 radical (unpaired) electrons. The van der Waals surface area contributed by atoms with E-state index in [1.165, 1.54) is 24.1 Å². The Morgan fingerprint density at radius 3 is 2.65 bits per heavy atom. The molecule has 0 N–H and O–H groups in total. The van der Waals surface area contributed by atoms with Crippen molar-refractivity contribution in [2.75, 3.05) is 39.8 Å². The number of amides is 1. The standard InChI is InChI=1S/C25H37ClN4O/c1-18(2)28-13-15-29(16-14-28)25(31)11-12-30-19(3)5-6-20(26)7-9-22-23-10-8-21(27(23)4)17-24(22)30/h5-7,18,21,23H,3,8-17H2,1-2,4H3/b6-5-,20-7+. The summed E-state index contributed by atoms with van der Waals surface area (Å²) in [5.74, 6) is 0.259. The average molecular weight is 445 g/mol. The topological polar surface area (TPSA) is 30.0 Å². The Hall–Kier alpha value is -1.56. The molecular weight excluding hydrogens is 408 g/mol. The molecule has 4 rings (SSSR count). The van der Waals surface area contributed by atoms with Crippen LogP contribution >= 0.6 is 11.6 Å². The quantitative estimate of drug-likeness (QED) is 0.656. The first-order chi connectivity index (χ1) is 14.8. The van der Waals surface area contributed by atoms with Crippen LogP contribution in [0.1, 0.15) is 46.0 Å². The lowest BCUT2D eigenvalue weighted by Crippen LogP contribution is -2.51. The van der Waals surface area contributed by atoms with E-state index in [0.717, 1.165) is 49.7 Å². The molecule has 0 saturated carbocycles. The number of carbonyl (C=O) groups excluding carboxylic acids is 1. The molecule has 0 spiro atoms. The van der Waals surface area contributed by atoms with Crippen molar-refractivity contribution in [3.63, 3.8) is 0 Å². The van der Waals surface area contributed by atoms with E-state index in [1.807, 2.05) is 17.1 Å². The molecule has 4 aliphatic rings. The van der Waals surface area contributed by atoms with Crippen LogP contribution in [0, 0.1) is 0 Å². The van der Waals surface area contributed by atoms with E-state index in [4.69, 9.17) is 11.6 Å². The third-order valence-electron chi connectivity index (χ3n) is 7.61. The van der Waals surface area contributed by atoms with Crippen LogP contribution in [-0.2, 0) is 4.79 Å². The molecule has 2 bridgehead atoms. The van der Waals surface area contributed by atoms with E-state index in [1.54, 1.807) is 0 Å². The summed E-state index contributed by atoms with van der Waals surface area (Å²) >= 11 is 6.42. The molecule has 0 aromatic carbocycles. The second kappa shape index (κ2) is 9.51. The third-order valence-corrected chi connectivity index (χ3v) is 7.89. The molecule has 0 aliphatic carbocycles. The highest BCUT2D eigenvalue weighted by Crippen LogP contribution is 2.42. The van der Waals surface area contributed by atoms with Crippen molar-refractivity contribution >= 4 is 17.5 Å². The zero-order chi connectivity index (χ0) is 22.1. The fraction of sp³-hybridized carbons (Fsp3) is 0.640. The number of allylic oxidation sites excluding steroid dienone is 4. The largest absolute Gasteiger partial charge is 0.345 e. The van der Waals surface area contributed by atoms with Crippen LogP contribution in [0.5, 0.6) is 0 Å². The highest BCUT2D eigenvalue weighted by Gasteiger charge is 2.40. The predicted octanol–water partition coefficient (Wildman–Crippen LogP) is 3.95. The van der Waals surface area contributed by atoms with Crippen LogP contribution < -0.4 is 0 Å². The number of hydrogen-bond acceptors (Lipinski definition) is 4. The van der Waals surface area contributed by atoms with E-state index in [9.17, 15) is 4.79 Å². The summed E-state index contributed by atoms with van der Waals surface area (Å²) in [5.41, 5.74) is 3.76. The molecular formula is C25H37ClN4O. The SMILES string of the molecule is C=C1/C=C\C(Cl)=C/CC2=C(CC3CCC2N3C)N1CCC(=O)N1CCN(C(C)C)CC1. The molecule has 1 amide bonds. The summed E-state index contributed by atoms with van der Waals surface area (Å²) < 4.78 is 0. The van der Waals surface area contributed by atoms with Gasteiger partial charge in [-0.2, -0.15) is 0 Å². The Morgan fingerprint density at radius 2 is 1.94 bits per heavy atom. The van der Waals surface area contributed by atoms with Crippen molar-refractivity contribution in [1.29, 1.82) is 0 Å². The van der Waals surface area contributed by atoms with Gasteiger partial charge >= 0.3 is 0 Å². The molecule has 4 heterocycles. The number of halogens is 1. The summed E-state index contributed by atoms with van der Waals surface area (Å²) in [7, 11) is 2.25. The number of nitrogens with zero attached hydrogens (tertiary/aromatic N) is 4. The Labute approximate surface area is 192 Å². The number of fused-ring (bicyclic) bond motifs is 3. The van der Waals surface area contributed by atoms with Crippen molar-refractivity contribution in [3.05, 3.63) is 46.8 Å². The van der Waals surface area contributed by atoms with Gasteiger partial charge in [0.2, 0.25) is 5.91 Å². The molecule has 170 valence electrons. The summed E-state index contributed by atoms with van der Waals surface area (Å²) in [5, 5.41) is 0.761. The third kappa shape index (κ3) is 4.79. The van der Waals surface area contributed by atoms with Gasteiger partial charge in [-0.3, -0.25) is 14.6 Å². The van der Waals surface area contributed by atoms with Gasteiger partial charge in [-0.25, -0.2) is 0 Å². The van der Waals surface area contributed by atoms with E-state index in [2.05, 4.69) is 48.2 Å². The molecule has 0 aromatic heterocycles. The minimum Gasteiger partial charge on any atom is -0.345 e. The summed E-state index contributed by atoms with van der Waals surface area (Å²) in [6, 6.07) is 1.61. The van der Waals surface area contributed by atoms with Crippen molar-refractivity contribution < 1.29 is 4.79 Å². The Bertz CT molecular complexity index is 806. The molecule has 31 heavy (non-hydrogen) atoms. The van der Waals surface area contributed by atoms with Crippen molar-refractivity contribution in [2.24, 2.45) is 0 Å². The maximum Gasteiger partial charge on any atom is 0.224 e. The first-order valence-electron chi connectivity index (χ1n) is 11.8. The van der Waals surface area contributed by atoms with Gasteiger partial charge in [0.15, 0.2) is 0 Å². The van der Waals surface area contributed by atoms with E-state index >= 15 is 0 Å². The predicted molar refractivity (Wildman–Crippen MR) is 128 cm³/mol. The lowest BCUT2D eigenvalue weighted by molar-refractivity contribution is -0.133. The highest BCUT2D eigenvalue weighted by atomic mass is 35.5. The van der Waals surface area contributed by atoms with Gasteiger partial charge in [-0.05, 0) is 57.9 Å². The molecule has 4 aliphatic heterocycles. The monoisotopic (exact) mass is 444 g/mol. The van der Waals surface area contributed by atoms with Crippen LogP contribution in [0.2, 0.25) is 0 Å². The molecule has 5 nitrogen and oxygen atoms in total. The molecule has 0 aromatic rings. The number of piperazine rings is 1. The molecule has 2 fully saturated rings. The Morgan fingerprint density at radius 1 is 1.19 bits per heavy atom. The molecule has 2 saturated heterocycles. The maximum atomic E-state index is 13.0. The summed E-state index contributed by atoms with van der Waals surface area (Å²) in [6.45, 7) is 13.1. The van der Waals surface area contributed by atoms with Crippen molar-refractivity contribution in [1.82, 2.24) is 19.6 Å². The van der Waals surface area contributed by atoms with Crippen LogP contribution in [0.4, 0.5) is 0 Å². The zero-order valence-electron chi connectivity index (χ0n) is 19.3. The first-order valence-corrected chi connectivity index (χ1v) is 12.2. The number of likely N-dealkylation sites (N-methyl/N-ethyl adjacent to an activating group) is 1. The van der Waals surface area contributed by atoms with Crippen molar-refractivity contribution in [3.8, 4) is 0 Å². The molecule has 2 atom stereocenters. The highest BCUT2D eigenvalue weighted by molar-refractivity contribution is 6.31. The van der Waals surface area contributed by atoms with E-state index in [-0.39, 0.29) is 5.91 Å². The summed E-state index contributed by atoms with van der Waals surface area (Å²) in [6.07, 6.45) is 10.9. The number of carbonyl (C=O) groups is 1. The fourth-order valence-corrected chi connectivity index (χ4v) is 5.75. The maximum absolute atomic E-state index is 13.0. The fourth-order valence-electron chi connectivity index (χ4n) is 5.61. The average Bonchev–Trinajstić information content (AvgIpc) is 3.02. The van der Waals surface area contributed by atoms with Gasteiger partial charge < -0.3 is 9.80 Å². The Kier molecular flexibility index (Phi) is 6.95. The lowest BCUT2D eigenvalue weighted by atomic mass is 9.94. The van der Waals surface area contributed by atoms with Gasteiger partial charge in [0.25, 0.3) is 0 Å². The van der Waals surface area contributed by atoms with Gasteiger partial charge in [0.05, 0.1) is 0 Å². The van der Waals surface area contributed by atoms with Gasteiger partial charge in [-0.1, -0.05) is 24.3 Å². The van der Waals surface area contributed by atoms with Crippen LogP contribution in [0.25, 0.3) is 0 Å². The molecule has 6 heteroatoms. The normalized spacial score (nSPS) is 30.6. The second-order valence-corrected chi connectivity index (χ2v) is 10.1. The van der Waals surface area contributed by atoms with Crippen LogP contribution in [0.3, 0.4) is 0 Å². The molecule has 2 unspecified atom stereocenters. The number of rotatable bonds is 4. The summed E-state index contributed by atoms with van der Waals surface area (Å²) in [4.78, 5) is 22.4. The van der Waals surface area contributed by atoms with Gasteiger partial charge in [0.1, 0.15) is 0 Å². The van der Waals surface area contributed by atoms with Crippen LogP contribution in [-0.4, -0.2) is 83.4 Å². The minimum absolute atomic E-state index is 0.259. The lowest BCUT2D eigenvalue weighted by Gasteiger charge is -2.40. The number of hydrogen-bond donors (Lipinski definition) is 0. The minimum atomic E-state index is 0.259. The van der Waals surface area contributed by atoms with E-state index < -0.39 is 0 Å². The zero-order valence-corrected chi connectivity index (χ0v) is 20.1. The smallest absolute Gasteiger partial charge is 0.224 e. The van der Waals surface area contributed by atoms with Crippen LogP contribution in [0.15, 0.2) is 46.8 Å². The van der Waals surface area contributed by atoms with Gasteiger partial charge in [-0.15, -0.1) is 0 Å². The van der Waals surface area contributed by atoms with Crippen molar-refractivity contribution in [2.45, 2.75) is 64.1 Å². The first kappa shape index (κ1) is 22.6. The second-order valence-electron chi connectivity index (χ2n) is 9.62. The van der Waals surface area contributed by atoms with E-state index in [0.29, 0.717) is 31.1 Å². The van der Waals surface area contributed by atoms with Gasteiger partial charge in [0, 0.05) is 80.1 Å². The Balaban J connectivity index is 1.49.